The third kappa shape index (κ3) is 4.68. The number of ether oxygens (including phenoxy) is 1. The highest BCUT2D eigenvalue weighted by Crippen LogP contribution is 2.36. The second-order valence-corrected chi connectivity index (χ2v) is 8.62. The summed E-state index contributed by atoms with van der Waals surface area (Å²) in [6.07, 6.45) is 9.60. The number of nitrogens with zero attached hydrogens (tertiary/aromatic N) is 3. The van der Waals surface area contributed by atoms with Crippen molar-refractivity contribution in [3.8, 4) is 0 Å². The van der Waals surface area contributed by atoms with Crippen LogP contribution in [0.15, 0.2) is 11.2 Å². The quantitative estimate of drug-likeness (QED) is 0.774. The lowest BCUT2D eigenvalue weighted by Crippen LogP contribution is -2.46. The molecule has 0 radical (unpaired) electrons. The highest BCUT2D eigenvalue weighted by atomic mass is 16.6. The summed E-state index contributed by atoms with van der Waals surface area (Å²) in [4.78, 5) is 33.0. The van der Waals surface area contributed by atoms with E-state index in [-0.39, 0.29) is 17.3 Å². The van der Waals surface area contributed by atoms with E-state index in [0.717, 1.165) is 18.5 Å². The lowest BCUT2D eigenvalue weighted by atomic mass is 10.0. The van der Waals surface area contributed by atoms with Gasteiger partial charge in [0.25, 0.3) is 0 Å². The molecule has 4 rings (SSSR count). The first kappa shape index (κ1) is 21.1. The Hall–Kier alpha value is -2.64. The molecule has 2 N–H and O–H groups in total. The molecule has 0 saturated carbocycles. The minimum Gasteiger partial charge on any atom is -0.478 e. The number of carbonyl (C=O) groups excluding carboxylic acids is 1. The van der Waals surface area contributed by atoms with Gasteiger partial charge in [0.05, 0.1) is 11.4 Å². The standard InChI is InChI=1S/C12H21NO2.C9H9N3O2/c1-12(2,3)15-11(14)13-9-5-4-6-10(13)8-7-9;1-10-7-5(9(13)14)4-12-6-2-3-11-8(6)7/h9-10H,4-8H2,1-3H3;3-4H,2H2,1H3,(H,10,12)(H,13,14)/t9-,10+;. The lowest BCUT2D eigenvalue weighted by Gasteiger charge is -2.35. The molecule has 1 aromatic heterocycles. The fourth-order valence-electron chi connectivity index (χ4n) is 4.20. The summed E-state index contributed by atoms with van der Waals surface area (Å²) in [5.41, 5.74) is 1.79. The molecule has 1 aromatic rings. The van der Waals surface area contributed by atoms with Crippen molar-refractivity contribution in [1.29, 1.82) is 0 Å². The average Bonchev–Trinajstić information content (AvgIpc) is 3.22. The predicted octanol–water partition coefficient (Wildman–Crippen LogP) is 4.02. The zero-order valence-electron chi connectivity index (χ0n) is 17.6. The molecule has 2 atom stereocenters. The van der Waals surface area contributed by atoms with Gasteiger partial charge in [-0.25, -0.2) is 9.59 Å². The monoisotopic (exact) mass is 402 g/mol. The van der Waals surface area contributed by atoms with Crippen LogP contribution in [-0.2, 0) is 11.2 Å². The number of amides is 1. The maximum atomic E-state index is 12.0. The van der Waals surface area contributed by atoms with Gasteiger partial charge < -0.3 is 20.1 Å². The van der Waals surface area contributed by atoms with Crippen molar-refractivity contribution in [1.82, 2.24) is 9.88 Å². The van der Waals surface area contributed by atoms with Gasteiger partial charge >= 0.3 is 12.1 Å². The summed E-state index contributed by atoms with van der Waals surface area (Å²) < 4.78 is 5.44. The Morgan fingerprint density at radius 2 is 1.86 bits per heavy atom. The molecule has 0 spiro atoms. The minimum absolute atomic E-state index is 0.102. The van der Waals surface area contributed by atoms with Crippen LogP contribution in [0, 0.1) is 0 Å². The topological polar surface area (TPSA) is 104 Å². The van der Waals surface area contributed by atoms with E-state index in [1.54, 1.807) is 13.3 Å². The molecule has 0 unspecified atom stereocenters. The molecule has 2 bridgehead atoms. The number of carboxylic acids is 1. The normalized spacial score (nSPS) is 21.9. The number of rotatable bonds is 2. The number of anilines is 1. The Bertz CT molecular complexity index is 800. The van der Waals surface area contributed by atoms with E-state index in [0.29, 0.717) is 29.9 Å². The van der Waals surface area contributed by atoms with Gasteiger partial charge in [-0.2, -0.15) is 0 Å². The van der Waals surface area contributed by atoms with Crippen molar-refractivity contribution in [3.63, 3.8) is 0 Å². The van der Waals surface area contributed by atoms with Gasteiger partial charge in [0.1, 0.15) is 16.9 Å². The first-order valence-corrected chi connectivity index (χ1v) is 10.2. The van der Waals surface area contributed by atoms with Crippen LogP contribution in [-0.4, -0.2) is 58.0 Å². The van der Waals surface area contributed by atoms with Crippen molar-refractivity contribution < 1.29 is 19.4 Å². The van der Waals surface area contributed by atoms with E-state index < -0.39 is 5.97 Å². The van der Waals surface area contributed by atoms with E-state index in [1.165, 1.54) is 25.5 Å². The van der Waals surface area contributed by atoms with Gasteiger partial charge in [0.15, 0.2) is 0 Å². The first-order valence-electron chi connectivity index (χ1n) is 10.2. The molecule has 4 heterocycles. The molecule has 3 aliphatic heterocycles. The van der Waals surface area contributed by atoms with Crippen molar-refractivity contribution in [2.24, 2.45) is 4.99 Å². The Morgan fingerprint density at radius 3 is 2.41 bits per heavy atom. The van der Waals surface area contributed by atoms with Gasteiger partial charge in [-0.3, -0.25) is 9.98 Å². The zero-order chi connectivity index (χ0) is 21.2. The summed E-state index contributed by atoms with van der Waals surface area (Å²) in [5, 5.41) is 11.7. The molecular formula is C21H30N4O4. The third-order valence-corrected chi connectivity index (χ3v) is 5.41. The van der Waals surface area contributed by atoms with Crippen molar-refractivity contribution in [2.45, 2.75) is 77.0 Å². The van der Waals surface area contributed by atoms with E-state index in [2.05, 4.69) is 15.3 Å². The fourth-order valence-corrected chi connectivity index (χ4v) is 4.20. The van der Waals surface area contributed by atoms with Crippen molar-refractivity contribution in [3.05, 3.63) is 17.5 Å². The Labute approximate surface area is 171 Å². The summed E-state index contributed by atoms with van der Waals surface area (Å²) in [7, 11) is 1.68. The van der Waals surface area contributed by atoms with Crippen LogP contribution < -0.4 is 5.32 Å². The average molecular weight is 402 g/mol. The second-order valence-electron chi connectivity index (χ2n) is 8.62. The molecule has 1 amide bonds. The summed E-state index contributed by atoms with van der Waals surface area (Å²) >= 11 is 0. The molecule has 8 heteroatoms. The summed E-state index contributed by atoms with van der Waals surface area (Å²) in [6, 6.07) is 0.914. The zero-order valence-corrected chi connectivity index (χ0v) is 17.6. The highest BCUT2D eigenvalue weighted by Gasteiger charge is 2.41. The summed E-state index contributed by atoms with van der Waals surface area (Å²) in [5.74, 6) is -0.994. The Balaban J connectivity index is 0.000000166. The Kier molecular flexibility index (Phi) is 6.10. The van der Waals surface area contributed by atoms with Gasteiger partial charge in [-0.1, -0.05) is 0 Å². The van der Waals surface area contributed by atoms with Crippen LogP contribution in [0.4, 0.5) is 16.2 Å². The number of piperidine rings is 1. The van der Waals surface area contributed by atoms with Gasteiger partial charge in [-0.15, -0.1) is 0 Å². The molecular weight excluding hydrogens is 372 g/mol. The maximum Gasteiger partial charge on any atom is 0.410 e. The van der Waals surface area contributed by atoms with Crippen LogP contribution in [0.3, 0.4) is 0 Å². The van der Waals surface area contributed by atoms with Crippen molar-refractivity contribution >= 4 is 29.7 Å². The molecule has 2 fully saturated rings. The van der Waals surface area contributed by atoms with Crippen molar-refractivity contribution in [2.75, 3.05) is 12.4 Å². The SMILES string of the molecule is CC(C)(C)OC(=O)N1[C@@H]2CCC[C@H]1CC2.CNc1c(C(=O)O)cnc2c1N=CC2. The number of fused-ring (bicyclic) bond motifs is 3. The van der Waals surface area contributed by atoms with E-state index in [9.17, 15) is 9.59 Å². The summed E-state index contributed by atoms with van der Waals surface area (Å²) in [6.45, 7) is 5.78. The third-order valence-electron chi connectivity index (χ3n) is 5.41. The van der Waals surface area contributed by atoms with Crippen LogP contribution in [0.5, 0.6) is 0 Å². The number of aromatic nitrogens is 1. The van der Waals surface area contributed by atoms with Crippen LogP contribution >= 0.6 is 0 Å². The first-order chi connectivity index (χ1) is 13.7. The minimum atomic E-state index is -0.994. The molecule has 158 valence electrons. The predicted molar refractivity (Wildman–Crippen MR) is 111 cm³/mol. The second kappa shape index (κ2) is 8.39. The smallest absolute Gasteiger partial charge is 0.410 e. The number of carbonyl (C=O) groups is 2. The molecule has 0 aromatic carbocycles. The number of hydrogen-bond acceptors (Lipinski definition) is 6. The van der Waals surface area contributed by atoms with Crippen LogP contribution in [0.25, 0.3) is 0 Å². The lowest BCUT2D eigenvalue weighted by molar-refractivity contribution is 0.00781. The van der Waals surface area contributed by atoms with E-state index in [1.807, 2.05) is 25.7 Å². The van der Waals surface area contributed by atoms with Gasteiger partial charge in [0, 0.05) is 38.0 Å². The molecule has 8 nitrogen and oxygen atoms in total. The van der Waals surface area contributed by atoms with Crippen LogP contribution in [0.2, 0.25) is 0 Å². The van der Waals surface area contributed by atoms with Crippen LogP contribution in [0.1, 0.15) is 68.9 Å². The number of aromatic carboxylic acids is 1. The molecule has 0 aliphatic carbocycles. The fraction of sp³-hybridized carbons (Fsp3) is 0.619. The van der Waals surface area contributed by atoms with Gasteiger partial charge in [0.2, 0.25) is 0 Å². The number of nitrogens with one attached hydrogen (secondary N) is 1. The molecule has 2 saturated heterocycles. The highest BCUT2D eigenvalue weighted by molar-refractivity contribution is 5.99. The number of hydrogen-bond donors (Lipinski definition) is 2. The molecule has 3 aliphatic rings. The number of carboxylic acid groups (broad SMARTS) is 1. The van der Waals surface area contributed by atoms with E-state index in [4.69, 9.17) is 9.84 Å². The van der Waals surface area contributed by atoms with Gasteiger partial charge in [-0.05, 0) is 52.9 Å². The molecule has 29 heavy (non-hydrogen) atoms. The maximum absolute atomic E-state index is 12.0. The Morgan fingerprint density at radius 1 is 1.21 bits per heavy atom. The number of pyridine rings is 1. The number of aliphatic imine (C=N–C) groups is 1. The van der Waals surface area contributed by atoms with E-state index >= 15 is 0 Å². The largest absolute Gasteiger partial charge is 0.478 e.